The number of amides is 1. The number of aromatic nitrogens is 2. The molecule has 0 saturated carbocycles. The molecule has 0 aliphatic heterocycles. The van der Waals surface area contributed by atoms with E-state index in [4.69, 9.17) is 0 Å². The fraction of sp³-hybridized carbons (Fsp3) is 0.722. The maximum atomic E-state index is 12.2. The van der Waals surface area contributed by atoms with Gasteiger partial charge in [0.2, 0.25) is 5.91 Å². The van der Waals surface area contributed by atoms with Crippen molar-refractivity contribution in [1.29, 1.82) is 0 Å². The van der Waals surface area contributed by atoms with Gasteiger partial charge in [-0.1, -0.05) is 27.7 Å². The molecule has 0 bridgehead atoms. The van der Waals surface area contributed by atoms with Gasteiger partial charge in [-0.05, 0) is 32.1 Å². The average molecular weight is 337 g/mol. The molecule has 0 fully saturated rings. The fourth-order valence-electron chi connectivity index (χ4n) is 2.81. The van der Waals surface area contributed by atoms with Crippen molar-refractivity contribution >= 4 is 11.9 Å². The third-order valence-corrected chi connectivity index (χ3v) is 4.06. The van der Waals surface area contributed by atoms with E-state index in [9.17, 15) is 14.7 Å². The number of nitrogens with one attached hydrogen (secondary N) is 1. The van der Waals surface area contributed by atoms with E-state index >= 15 is 0 Å². The molecule has 0 radical (unpaired) electrons. The number of aliphatic carboxylic acids is 1. The van der Waals surface area contributed by atoms with Crippen molar-refractivity contribution in [2.75, 3.05) is 6.54 Å². The lowest BCUT2D eigenvalue weighted by atomic mass is 9.97. The number of rotatable bonds is 9. The Bertz CT molecular complexity index is 576. The highest BCUT2D eigenvalue weighted by molar-refractivity contribution is 5.80. The molecule has 1 heterocycles. The number of carbonyl (C=O) groups excluding carboxylic acids is 1. The molecule has 1 aromatic heterocycles. The summed E-state index contributed by atoms with van der Waals surface area (Å²) in [6.07, 6.45) is 0.795. The molecule has 1 atom stereocenters. The van der Waals surface area contributed by atoms with Crippen LogP contribution in [0.15, 0.2) is 0 Å². The molecule has 1 amide bonds. The van der Waals surface area contributed by atoms with E-state index in [1.54, 1.807) is 0 Å². The van der Waals surface area contributed by atoms with Crippen LogP contribution < -0.4 is 5.32 Å². The summed E-state index contributed by atoms with van der Waals surface area (Å²) in [4.78, 5) is 23.5. The van der Waals surface area contributed by atoms with Gasteiger partial charge in [-0.15, -0.1) is 0 Å². The van der Waals surface area contributed by atoms with E-state index in [0.29, 0.717) is 12.3 Å². The average Bonchev–Trinajstić information content (AvgIpc) is 2.69. The highest BCUT2D eigenvalue weighted by atomic mass is 16.4. The van der Waals surface area contributed by atoms with Crippen LogP contribution in [0, 0.1) is 31.6 Å². The Morgan fingerprint density at radius 3 is 2.29 bits per heavy atom. The third-order valence-electron chi connectivity index (χ3n) is 4.06. The van der Waals surface area contributed by atoms with Crippen LogP contribution >= 0.6 is 0 Å². The van der Waals surface area contributed by atoms with E-state index < -0.39 is 11.9 Å². The minimum atomic E-state index is -0.860. The molecular weight excluding hydrogens is 306 g/mol. The first kappa shape index (κ1) is 20.2. The second kappa shape index (κ2) is 8.85. The van der Waals surface area contributed by atoms with Gasteiger partial charge in [-0.3, -0.25) is 14.3 Å². The van der Waals surface area contributed by atoms with Crippen LogP contribution in [0.1, 0.15) is 51.1 Å². The normalized spacial score (nSPS) is 12.7. The maximum Gasteiger partial charge on any atom is 0.308 e. The zero-order valence-corrected chi connectivity index (χ0v) is 15.7. The lowest BCUT2D eigenvalue weighted by Gasteiger charge is -2.15. The molecule has 1 rings (SSSR count). The van der Waals surface area contributed by atoms with Crippen LogP contribution in [0.25, 0.3) is 0 Å². The van der Waals surface area contributed by atoms with Gasteiger partial charge in [-0.2, -0.15) is 5.10 Å². The Balaban J connectivity index is 2.68. The van der Waals surface area contributed by atoms with Crippen molar-refractivity contribution in [2.24, 2.45) is 17.8 Å². The Labute approximate surface area is 144 Å². The van der Waals surface area contributed by atoms with Crippen LogP contribution in [0.4, 0.5) is 0 Å². The number of carbonyl (C=O) groups is 2. The van der Waals surface area contributed by atoms with E-state index in [1.165, 1.54) is 0 Å². The number of nitrogens with zero attached hydrogens (tertiary/aromatic N) is 2. The zero-order chi connectivity index (χ0) is 18.4. The van der Waals surface area contributed by atoms with Crippen LogP contribution in [0.3, 0.4) is 0 Å². The van der Waals surface area contributed by atoms with Gasteiger partial charge >= 0.3 is 5.97 Å². The van der Waals surface area contributed by atoms with Crippen molar-refractivity contribution in [1.82, 2.24) is 15.1 Å². The number of hydrogen-bond donors (Lipinski definition) is 2. The molecule has 6 nitrogen and oxygen atoms in total. The molecule has 0 saturated heterocycles. The number of carboxylic acid groups (broad SMARTS) is 1. The van der Waals surface area contributed by atoms with E-state index in [0.717, 1.165) is 23.5 Å². The minimum absolute atomic E-state index is 0.152. The quantitative estimate of drug-likeness (QED) is 0.725. The second-order valence-electron chi connectivity index (χ2n) is 7.37. The number of aryl methyl sites for hydroxylation is 1. The summed E-state index contributed by atoms with van der Waals surface area (Å²) in [6.45, 7) is 13.1. The first-order chi connectivity index (χ1) is 11.1. The SMILES string of the molecule is Cc1nn(CC(C)C)c(C)c1CC(=O)NCC(CC(C)C)C(=O)O. The van der Waals surface area contributed by atoms with Crippen LogP contribution in [-0.2, 0) is 22.6 Å². The van der Waals surface area contributed by atoms with Crippen molar-refractivity contribution < 1.29 is 14.7 Å². The van der Waals surface area contributed by atoms with E-state index in [-0.39, 0.29) is 24.8 Å². The molecule has 0 spiro atoms. The molecular formula is C18H31N3O3. The molecule has 24 heavy (non-hydrogen) atoms. The molecule has 1 aromatic rings. The van der Waals surface area contributed by atoms with Gasteiger partial charge in [-0.25, -0.2) is 0 Å². The van der Waals surface area contributed by atoms with Crippen LogP contribution in [-0.4, -0.2) is 33.3 Å². The van der Waals surface area contributed by atoms with Crippen molar-refractivity contribution in [3.8, 4) is 0 Å². The first-order valence-corrected chi connectivity index (χ1v) is 8.64. The minimum Gasteiger partial charge on any atom is -0.481 e. The predicted molar refractivity (Wildman–Crippen MR) is 93.8 cm³/mol. The molecule has 136 valence electrons. The molecule has 6 heteroatoms. The maximum absolute atomic E-state index is 12.2. The largest absolute Gasteiger partial charge is 0.481 e. The standard InChI is InChI=1S/C18H31N3O3/c1-11(2)7-15(18(23)24)9-19-17(22)8-16-13(5)20-21(14(16)6)10-12(3)4/h11-12,15H,7-10H2,1-6H3,(H,19,22)(H,23,24). The topological polar surface area (TPSA) is 84.2 Å². The zero-order valence-electron chi connectivity index (χ0n) is 15.7. The Morgan fingerprint density at radius 1 is 1.17 bits per heavy atom. The van der Waals surface area contributed by atoms with Gasteiger partial charge in [0, 0.05) is 24.3 Å². The van der Waals surface area contributed by atoms with Gasteiger partial charge in [0.15, 0.2) is 0 Å². The van der Waals surface area contributed by atoms with Crippen molar-refractivity contribution in [3.05, 3.63) is 17.0 Å². The highest BCUT2D eigenvalue weighted by Crippen LogP contribution is 2.16. The summed E-state index contributed by atoms with van der Waals surface area (Å²) < 4.78 is 1.95. The third kappa shape index (κ3) is 5.98. The smallest absolute Gasteiger partial charge is 0.308 e. The van der Waals surface area contributed by atoms with Crippen LogP contribution in [0.5, 0.6) is 0 Å². The molecule has 2 N–H and O–H groups in total. The van der Waals surface area contributed by atoms with E-state index in [2.05, 4.69) is 24.3 Å². The predicted octanol–water partition coefficient (Wildman–Crippen LogP) is 2.56. The number of carboxylic acids is 1. The summed E-state index contributed by atoms with van der Waals surface area (Å²) in [5.41, 5.74) is 2.80. The molecule has 0 aromatic carbocycles. The number of hydrogen-bond acceptors (Lipinski definition) is 3. The summed E-state index contributed by atoms with van der Waals surface area (Å²) in [5, 5.41) is 16.5. The summed E-state index contributed by atoms with van der Waals surface area (Å²) >= 11 is 0. The van der Waals surface area contributed by atoms with Gasteiger partial charge in [0.25, 0.3) is 0 Å². The van der Waals surface area contributed by atoms with Crippen molar-refractivity contribution in [2.45, 2.75) is 60.9 Å². The molecule has 0 aliphatic carbocycles. The van der Waals surface area contributed by atoms with Gasteiger partial charge < -0.3 is 10.4 Å². The van der Waals surface area contributed by atoms with E-state index in [1.807, 2.05) is 32.4 Å². The second-order valence-corrected chi connectivity index (χ2v) is 7.37. The Kier molecular flexibility index (Phi) is 7.45. The Hall–Kier alpha value is -1.85. The summed E-state index contributed by atoms with van der Waals surface area (Å²) in [7, 11) is 0. The summed E-state index contributed by atoms with van der Waals surface area (Å²) in [6, 6.07) is 0. The summed E-state index contributed by atoms with van der Waals surface area (Å²) in [5.74, 6) is -0.792. The first-order valence-electron chi connectivity index (χ1n) is 8.64. The van der Waals surface area contributed by atoms with Gasteiger partial charge in [0.1, 0.15) is 0 Å². The van der Waals surface area contributed by atoms with Crippen molar-refractivity contribution in [3.63, 3.8) is 0 Å². The molecule has 1 unspecified atom stereocenters. The monoisotopic (exact) mass is 337 g/mol. The Morgan fingerprint density at radius 2 is 1.79 bits per heavy atom. The lowest BCUT2D eigenvalue weighted by Crippen LogP contribution is -2.34. The lowest BCUT2D eigenvalue weighted by molar-refractivity contribution is -0.142. The van der Waals surface area contributed by atoms with Crippen LogP contribution in [0.2, 0.25) is 0 Å². The highest BCUT2D eigenvalue weighted by Gasteiger charge is 2.21. The molecule has 0 aliphatic rings. The van der Waals surface area contributed by atoms with Gasteiger partial charge in [0.05, 0.1) is 18.0 Å². The fourth-order valence-corrected chi connectivity index (χ4v) is 2.81.